The van der Waals surface area contributed by atoms with Gasteiger partial charge in [-0.3, -0.25) is 9.80 Å². The molecule has 2 aromatic carbocycles. The van der Waals surface area contributed by atoms with Crippen molar-refractivity contribution in [3.05, 3.63) is 71.5 Å². The summed E-state index contributed by atoms with van der Waals surface area (Å²) >= 11 is 0. The molecule has 174 valence electrons. The number of ether oxygens (including phenoxy) is 1. The lowest BCUT2D eigenvalue weighted by Gasteiger charge is -2.39. The number of aromatic nitrogens is 4. The molecule has 0 radical (unpaired) electrons. The van der Waals surface area contributed by atoms with Gasteiger partial charge in [-0.2, -0.15) is 0 Å². The SMILES string of the molecule is COc1ccc([C@H](c2nnnn2C2CCCCC2)N2CCN(Cc3ccccc3)CC2)cc1. The van der Waals surface area contributed by atoms with Crippen LogP contribution in [0, 0.1) is 0 Å². The fourth-order valence-corrected chi connectivity index (χ4v) is 5.30. The number of tetrazole rings is 1. The molecule has 33 heavy (non-hydrogen) atoms. The van der Waals surface area contributed by atoms with E-state index in [1.807, 2.05) is 12.1 Å². The Morgan fingerprint density at radius 2 is 1.64 bits per heavy atom. The second-order valence-electron chi connectivity index (χ2n) is 9.25. The Morgan fingerprint density at radius 3 is 2.33 bits per heavy atom. The van der Waals surface area contributed by atoms with Gasteiger partial charge in [0, 0.05) is 32.7 Å². The summed E-state index contributed by atoms with van der Waals surface area (Å²) in [6.45, 7) is 5.04. The molecule has 5 rings (SSSR count). The topological polar surface area (TPSA) is 59.3 Å². The monoisotopic (exact) mass is 446 g/mol. The fourth-order valence-electron chi connectivity index (χ4n) is 5.30. The van der Waals surface area contributed by atoms with Gasteiger partial charge in [-0.15, -0.1) is 5.10 Å². The minimum Gasteiger partial charge on any atom is -0.497 e. The van der Waals surface area contributed by atoms with Gasteiger partial charge in [0.2, 0.25) is 0 Å². The van der Waals surface area contributed by atoms with Gasteiger partial charge in [0.05, 0.1) is 19.2 Å². The highest BCUT2D eigenvalue weighted by Crippen LogP contribution is 2.34. The summed E-state index contributed by atoms with van der Waals surface area (Å²) in [5, 5.41) is 13.2. The normalized spacial score (nSPS) is 19.4. The van der Waals surface area contributed by atoms with Gasteiger partial charge in [-0.1, -0.05) is 61.7 Å². The molecule has 0 N–H and O–H groups in total. The Balaban J connectivity index is 1.38. The Labute approximate surface area is 196 Å². The molecule has 2 heterocycles. The van der Waals surface area contributed by atoms with Gasteiger partial charge in [-0.05, 0) is 46.5 Å². The molecule has 0 amide bonds. The van der Waals surface area contributed by atoms with Gasteiger partial charge in [0.15, 0.2) is 5.82 Å². The van der Waals surface area contributed by atoms with Crippen LogP contribution in [-0.4, -0.2) is 63.3 Å². The summed E-state index contributed by atoms with van der Waals surface area (Å²) in [7, 11) is 1.71. The van der Waals surface area contributed by atoms with Gasteiger partial charge < -0.3 is 4.74 Å². The van der Waals surface area contributed by atoms with Crippen LogP contribution in [0.2, 0.25) is 0 Å². The van der Waals surface area contributed by atoms with Crippen LogP contribution < -0.4 is 4.74 Å². The second kappa shape index (κ2) is 10.4. The predicted octanol–water partition coefficient (Wildman–Crippen LogP) is 4.09. The molecule has 1 aliphatic heterocycles. The Kier molecular flexibility index (Phi) is 6.98. The van der Waals surface area contributed by atoms with Crippen LogP contribution in [0.4, 0.5) is 0 Å². The first-order valence-electron chi connectivity index (χ1n) is 12.2. The zero-order valence-corrected chi connectivity index (χ0v) is 19.5. The minimum absolute atomic E-state index is 0.0479. The summed E-state index contributed by atoms with van der Waals surface area (Å²) in [5.74, 6) is 1.85. The molecule has 1 aromatic heterocycles. The van der Waals surface area contributed by atoms with E-state index in [1.54, 1.807) is 7.11 Å². The number of methoxy groups -OCH3 is 1. The number of hydrogen-bond acceptors (Lipinski definition) is 6. The predicted molar refractivity (Wildman–Crippen MR) is 128 cm³/mol. The van der Waals surface area contributed by atoms with Gasteiger partial charge in [-0.25, -0.2) is 4.68 Å². The van der Waals surface area contributed by atoms with Gasteiger partial charge >= 0.3 is 0 Å². The third kappa shape index (κ3) is 5.09. The lowest BCUT2D eigenvalue weighted by molar-refractivity contribution is 0.0986. The second-order valence-corrected chi connectivity index (χ2v) is 9.25. The van der Waals surface area contributed by atoms with Gasteiger partial charge in [0.25, 0.3) is 0 Å². The van der Waals surface area contributed by atoms with E-state index in [9.17, 15) is 0 Å². The van der Waals surface area contributed by atoms with Crippen molar-refractivity contribution in [1.29, 1.82) is 0 Å². The summed E-state index contributed by atoms with van der Waals surface area (Å²) in [5.41, 5.74) is 2.60. The molecule has 7 nitrogen and oxygen atoms in total. The smallest absolute Gasteiger partial charge is 0.173 e. The van der Waals surface area contributed by atoms with E-state index < -0.39 is 0 Å². The maximum Gasteiger partial charge on any atom is 0.173 e. The highest BCUT2D eigenvalue weighted by atomic mass is 16.5. The van der Waals surface area contributed by atoms with E-state index >= 15 is 0 Å². The van der Waals surface area contributed by atoms with Crippen molar-refractivity contribution in [3.8, 4) is 5.75 Å². The number of hydrogen-bond donors (Lipinski definition) is 0. The Bertz CT molecular complexity index is 991. The number of nitrogens with zero attached hydrogens (tertiary/aromatic N) is 6. The molecule has 1 saturated carbocycles. The van der Waals surface area contributed by atoms with Crippen LogP contribution in [0.3, 0.4) is 0 Å². The van der Waals surface area contributed by atoms with E-state index in [0.29, 0.717) is 6.04 Å². The maximum absolute atomic E-state index is 5.41. The highest BCUT2D eigenvalue weighted by Gasteiger charge is 2.32. The van der Waals surface area contributed by atoms with Crippen molar-refractivity contribution >= 4 is 0 Å². The van der Waals surface area contributed by atoms with Gasteiger partial charge in [0.1, 0.15) is 5.75 Å². The van der Waals surface area contributed by atoms with Crippen LogP contribution in [0.1, 0.15) is 61.1 Å². The number of benzene rings is 2. The zero-order valence-electron chi connectivity index (χ0n) is 19.5. The number of piperazine rings is 1. The maximum atomic E-state index is 5.41. The summed E-state index contributed by atoms with van der Waals surface area (Å²) < 4.78 is 7.54. The van der Waals surface area contributed by atoms with E-state index in [4.69, 9.17) is 4.74 Å². The molecule has 1 aliphatic carbocycles. The van der Waals surface area contributed by atoms with Crippen molar-refractivity contribution in [3.63, 3.8) is 0 Å². The molecule has 0 unspecified atom stereocenters. The summed E-state index contributed by atoms with van der Waals surface area (Å²) in [6.07, 6.45) is 6.17. The molecular formula is C26H34N6O. The van der Waals surface area contributed by atoms with Crippen molar-refractivity contribution < 1.29 is 4.74 Å². The first-order valence-corrected chi connectivity index (χ1v) is 12.2. The Morgan fingerprint density at radius 1 is 0.909 bits per heavy atom. The Hall–Kier alpha value is -2.77. The molecule has 2 aliphatic rings. The van der Waals surface area contributed by atoms with E-state index in [2.05, 4.69) is 72.5 Å². The first-order chi connectivity index (χ1) is 16.3. The molecule has 7 heteroatoms. The molecular weight excluding hydrogens is 412 g/mol. The minimum atomic E-state index is 0.0479. The highest BCUT2D eigenvalue weighted by molar-refractivity contribution is 5.32. The van der Waals surface area contributed by atoms with Crippen LogP contribution in [0.15, 0.2) is 54.6 Å². The van der Waals surface area contributed by atoms with E-state index in [1.165, 1.54) is 30.4 Å². The van der Waals surface area contributed by atoms with Crippen molar-refractivity contribution in [2.45, 2.75) is 50.7 Å². The van der Waals surface area contributed by atoms with Crippen LogP contribution >= 0.6 is 0 Å². The molecule has 0 bridgehead atoms. The average Bonchev–Trinajstić information content (AvgIpc) is 3.36. The zero-order chi connectivity index (χ0) is 22.5. The third-order valence-corrected chi connectivity index (χ3v) is 7.14. The van der Waals surface area contributed by atoms with Crippen molar-refractivity contribution in [2.75, 3.05) is 33.3 Å². The fraction of sp³-hybridized carbons (Fsp3) is 0.500. The van der Waals surface area contributed by atoms with Crippen LogP contribution in [-0.2, 0) is 6.54 Å². The molecule has 1 atom stereocenters. The summed E-state index contributed by atoms with van der Waals surface area (Å²) in [6, 6.07) is 19.6. The first kappa shape index (κ1) is 22.0. The molecule has 1 saturated heterocycles. The lowest BCUT2D eigenvalue weighted by Crippen LogP contribution is -2.48. The summed E-state index contributed by atoms with van der Waals surface area (Å²) in [4.78, 5) is 5.09. The van der Waals surface area contributed by atoms with E-state index in [-0.39, 0.29) is 6.04 Å². The van der Waals surface area contributed by atoms with Crippen LogP contribution in [0.5, 0.6) is 5.75 Å². The van der Waals surface area contributed by atoms with Crippen molar-refractivity contribution in [1.82, 2.24) is 30.0 Å². The van der Waals surface area contributed by atoms with Crippen LogP contribution in [0.25, 0.3) is 0 Å². The molecule has 3 aromatic rings. The lowest BCUT2D eigenvalue weighted by atomic mass is 9.95. The largest absolute Gasteiger partial charge is 0.497 e. The number of rotatable bonds is 7. The molecule has 0 spiro atoms. The third-order valence-electron chi connectivity index (χ3n) is 7.14. The van der Waals surface area contributed by atoms with E-state index in [0.717, 1.165) is 57.1 Å². The standard InChI is InChI=1S/C26H34N6O/c1-33-24-14-12-22(13-15-24)25(26-27-28-29-32(26)23-10-6-3-7-11-23)31-18-16-30(17-19-31)20-21-8-4-2-5-9-21/h2,4-5,8-9,12-15,23,25H,3,6-7,10-11,16-20H2,1H3/t25-/m1/s1. The average molecular weight is 447 g/mol. The molecule has 2 fully saturated rings. The quantitative estimate of drug-likeness (QED) is 0.545. The van der Waals surface area contributed by atoms with Crippen molar-refractivity contribution in [2.24, 2.45) is 0 Å².